The Morgan fingerprint density at radius 3 is 1.71 bits per heavy atom. The van der Waals surface area contributed by atoms with Crippen LogP contribution in [0, 0.1) is 0 Å². The molecule has 51 heavy (non-hydrogen) atoms. The van der Waals surface area contributed by atoms with E-state index in [9.17, 15) is 0 Å². The SMILES string of the molecule is c1ccc(-c2ccc(-c3nc(-c4cccc(-c5cccc6ccccc56)c4)nc(-c4cccc5c4sc4ccccc45)n3)c3ccccc23)cc1. The van der Waals surface area contributed by atoms with Crippen molar-refractivity contribution >= 4 is 53.1 Å². The summed E-state index contributed by atoms with van der Waals surface area (Å²) < 4.78 is 2.43. The van der Waals surface area contributed by atoms with Crippen molar-refractivity contribution in [3.05, 3.63) is 176 Å². The van der Waals surface area contributed by atoms with Crippen LogP contribution in [0.4, 0.5) is 0 Å². The summed E-state index contributed by atoms with van der Waals surface area (Å²) in [6.07, 6.45) is 0. The zero-order chi connectivity index (χ0) is 33.7. The Labute approximate surface area is 299 Å². The predicted octanol–water partition coefficient (Wildman–Crippen LogP) is 12.9. The quantitative estimate of drug-likeness (QED) is 0.183. The molecule has 0 saturated heterocycles. The lowest BCUT2D eigenvalue weighted by Crippen LogP contribution is -2.01. The normalized spacial score (nSPS) is 11.5. The van der Waals surface area contributed by atoms with Gasteiger partial charge in [-0.1, -0.05) is 152 Å². The van der Waals surface area contributed by atoms with Crippen molar-refractivity contribution in [2.24, 2.45) is 0 Å². The fraction of sp³-hybridized carbons (Fsp3) is 0. The zero-order valence-corrected chi connectivity index (χ0v) is 28.3. The number of nitrogens with zero attached hydrogens (tertiary/aromatic N) is 3. The van der Waals surface area contributed by atoms with E-state index in [4.69, 9.17) is 15.0 Å². The molecule has 0 bridgehead atoms. The first-order chi connectivity index (χ1) is 25.3. The largest absolute Gasteiger partial charge is 0.208 e. The van der Waals surface area contributed by atoms with Crippen LogP contribution < -0.4 is 0 Å². The number of rotatable bonds is 5. The van der Waals surface area contributed by atoms with E-state index in [1.807, 2.05) is 0 Å². The maximum Gasteiger partial charge on any atom is 0.165 e. The van der Waals surface area contributed by atoms with Crippen LogP contribution in [-0.4, -0.2) is 15.0 Å². The summed E-state index contributed by atoms with van der Waals surface area (Å²) in [6, 6.07) is 62.1. The van der Waals surface area contributed by atoms with Gasteiger partial charge in [0.15, 0.2) is 17.5 Å². The Morgan fingerprint density at radius 1 is 0.314 bits per heavy atom. The second kappa shape index (κ2) is 12.1. The fourth-order valence-corrected chi connectivity index (χ4v) is 8.55. The van der Waals surface area contributed by atoms with Crippen LogP contribution in [0.15, 0.2) is 176 Å². The van der Waals surface area contributed by atoms with E-state index < -0.39 is 0 Å². The van der Waals surface area contributed by atoms with Crippen LogP contribution in [0.5, 0.6) is 0 Å². The topological polar surface area (TPSA) is 38.7 Å². The number of hydrogen-bond donors (Lipinski definition) is 0. The second-order valence-electron chi connectivity index (χ2n) is 12.8. The molecule has 0 unspecified atom stereocenters. The fourth-order valence-electron chi connectivity index (χ4n) is 7.34. The maximum absolute atomic E-state index is 5.28. The lowest BCUT2D eigenvalue weighted by Gasteiger charge is -2.14. The first kappa shape index (κ1) is 29.4. The third-order valence-corrected chi connectivity index (χ3v) is 11.0. The van der Waals surface area contributed by atoms with Gasteiger partial charge in [-0.25, -0.2) is 15.0 Å². The van der Waals surface area contributed by atoms with E-state index in [-0.39, 0.29) is 0 Å². The Hall–Kier alpha value is -6.49. The van der Waals surface area contributed by atoms with Gasteiger partial charge in [0, 0.05) is 36.9 Å². The number of thiophene rings is 1. The first-order valence-electron chi connectivity index (χ1n) is 17.1. The highest BCUT2D eigenvalue weighted by Gasteiger charge is 2.19. The summed E-state index contributed by atoms with van der Waals surface area (Å²) in [5, 5.41) is 7.16. The van der Waals surface area contributed by atoms with Crippen molar-refractivity contribution < 1.29 is 0 Å². The molecule has 0 amide bonds. The molecule has 0 aliphatic heterocycles. The Morgan fingerprint density at radius 2 is 0.843 bits per heavy atom. The molecular weight excluding hydrogens is 639 g/mol. The zero-order valence-electron chi connectivity index (χ0n) is 27.5. The van der Waals surface area contributed by atoms with Gasteiger partial charge in [-0.05, 0) is 68.1 Å². The minimum Gasteiger partial charge on any atom is -0.208 e. The molecule has 0 fully saturated rings. The molecule has 2 aromatic heterocycles. The highest BCUT2D eigenvalue weighted by Crippen LogP contribution is 2.41. The van der Waals surface area contributed by atoms with Crippen molar-refractivity contribution in [1.82, 2.24) is 15.0 Å². The molecule has 4 heteroatoms. The summed E-state index contributed by atoms with van der Waals surface area (Å²) in [6.45, 7) is 0. The number of fused-ring (bicyclic) bond motifs is 5. The molecule has 8 aromatic carbocycles. The van der Waals surface area contributed by atoms with E-state index in [0.717, 1.165) is 33.0 Å². The van der Waals surface area contributed by atoms with E-state index in [0.29, 0.717) is 17.5 Å². The number of aromatic nitrogens is 3. The predicted molar refractivity (Wildman–Crippen MR) is 215 cm³/mol. The molecule has 0 radical (unpaired) electrons. The van der Waals surface area contributed by atoms with E-state index >= 15 is 0 Å². The van der Waals surface area contributed by atoms with Crippen LogP contribution in [0.3, 0.4) is 0 Å². The molecule has 0 aliphatic carbocycles. The van der Waals surface area contributed by atoms with Crippen molar-refractivity contribution in [2.45, 2.75) is 0 Å². The highest BCUT2D eigenvalue weighted by atomic mass is 32.1. The molecule has 238 valence electrons. The van der Waals surface area contributed by atoms with Gasteiger partial charge in [0.25, 0.3) is 0 Å². The number of benzene rings is 8. The third-order valence-electron chi connectivity index (χ3n) is 9.75. The average Bonchev–Trinajstić information content (AvgIpc) is 3.59. The molecule has 0 N–H and O–H groups in total. The van der Waals surface area contributed by atoms with Gasteiger partial charge in [0.05, 0.1) is 0 Å². The van der Waals surface area contributed by atoms with Gasteiger partial charge in [0.1, 0.15) is 0 Å². The van der Waals surface area contributed by atoms with E-state index in [1.54, 1.807) is 11.3 Å². The molecule has 0 atom stereocenters. The summed E-state index contributed by atoms with van der Waals surface area (Å²) in [4.78, 5) is 15.8. The summed E-state index contributed by atoms with van der Waals surface area (Å²) in [5.41, 5.74) is 7.59. The number of hydrogen-bond acceptors (Lipinski definition) is 4. The summed E-state index contributed by atoms with van der Waals surface area (Å²) >= 11 is 1.79. The molecule has 0 spiro atoms. The molecule has 3 nitrogen and oxygen atoms in total. The smallest absolute Gasteiger partial charge is 0.165 e. The molecule has 0 aliphatic rings. The monoisotopic (exact) mass is 667 g/mol. The van der Waals surface area contributed by atoms with Crippen molar-refractivity contribution in [3.63, 3.8) is 0 Å². The average molecular weight is 668 g/mol. The minimum atomic E-state index is 0.645. The summed E-state index contributed by atoms with van der Waals surface area (Å²) in [5.74, 6) is 1.96. The van der Waals surface area contributed by atoms with Gasteiger partial charge in [0.2, 0.25) is 0 Å². The van der Waals surface area contributed by atoms with Gasteiger partial charge < -0.3 is 0 Å². The molecule has 0 saturated carbocycles. The van der Waals surface area contributed by atoms with Crippen molar-refractivity contribution in [3.8, 4) is 56.4 Å². The minimum absolute atomic E-state index is 0.645. The summed E-state index contributed by atoms with van der Waals surface area (Å²) in [7, 11) is 0. The van der Waals surface area contributed by atoms with E-state index in [2.05, 4.69) is 176 Å². The molecular formula is C47H29N3S. The Balaban J connectivity index is 1.21. The Bertz CT molecular complexity index is 2920. The van der Waals surface area contributed by atoms with Crippen LogP contribution in [0.2, 0.25) is 0 Å². The first-order valence-corrected chi connectivity index (χ1v) is 17.9. The van der Waals surface area contributed by atoms with Crippen LogP contribution in [0.25, 0.3) is 98.1 Å². The van der Waals surface area contributed by atoms with Crippen molar-refractivity contribution in [1.29, 1.82) is 0 Å². The van der Waals surface area contributed by atoms with Crippen LogP contribution in [0.1, 0.15) is 0 Å². The van der Waals surface area contributed by atoms with Gasteiger partial charge >= 0.3 is 0 Å². The Kier molecular flexibility index (Phi) is 7.00. The van der Waals surface area contributed by atoms with Gasteiger partial charge in [-0.3, -0.25) is 0 Å². The molecule has 10 aromatic rings. The molecule has 10 rings (SSSR count). The third kappa shape index (κ3) is 5.08. The highest BCUT2D eigenvalue weighted by molar-refractivity contribution is 7.26. The van der Waals surface area contributed by atoms with Crippen LogP contribution in [-0.2, 0) is 0 Å². The van der Waals surface area contributed by atoms with Crippen LogP contribution >= 0.6 is 11.3 Å². The van der Waals surface area contributed by atoms with E-state index in [1.165, 1.54) is 47.6 Å². The van der Waals surface area contributed by atoms with Crippen molar-refractivity contribution in [2.75, 3.05) is 0 Å². The lowest BCUT2D eigenvalue weighted by atomic mass is 9.94. The van der Waals surface area contributed by atoms with Gasteiger partial charge in [-0.2, -0.15) is 0 Å². The lowest BCUT2D eigenvalue weighted by molar-refractivity contribution is 1.08. The van der Waals surface area contributed by atoms with Gasteiger partial charge in [-0.15, -0.1) is 11.3 Å². The molecule has 2 heterocycles. The standard InChI is InChI=1S/C47H29N3S/c1-2-13-30(14-3-1)36-27-28-41(38-21-7-6-20-37(36)38)46-48-45(33-18-10-17-32(29-33)35-23-11-16-31-15-4-5-19-34(31)35)49-47(50-46)42-25-12-24-40-39-22-8-9-26-43(39)51-44(40)42/h1-29H. The second-order valence-corrected chi connectivity index (χ2v) is 13.8. The maximum atomic E-state index is 5.28.